The molecule has 0 saturated carbocycles. The van der Waals surface area contributed by atoms with Crippen molar-refractivity contribution >= 4 is 50.6 Å². The molecule has 122 valence electrons. The number of hydrogen-bond acceptors (Lipinski definition) is 5. The molecule has 0 amide bonds. The average Bonchev–Trinajstić information content (AvgIpc) is 2.93. The number of fused-ring (bicyclic) bond motifs is 3. The van der Waals surface area contributed by atoms with Gasteiger partial charge in [0.25, 0.3) is 0 Å². The molecule has 3 aromatic rings. The highest BCUT2D eigenvalue weighted by Crippen LogP contribution is 2.40. The van der Waals surface area contributed by atoms with Crippen LogP contribution in [0.2, 0.25) is 5.28 Å². The van der Waals surface area contributed by atoms with Gasteiger partial charge in [0.15, 0.2) is 0 Å². The van der Waals surface area contributed by atoms with Crippen LogP contribution in [0, 0.1) is 0 Å². The maximum atomic E-state index is 11.4. The minimum absolute atomic E-state index is 0.163. The van der Waals surface area contributed by atoms with Gasteiger partial charge in [-0.2, -0.15) is 4.98 Å². The van der Waals surface area contributed by atoms with Gasteiger partial charge in [0.1, 0.15) is 10.6 Å². The Kier molecular flexibility index (Phi) is 3.86. The smallest absolute Gasteiger partial charge is 0.337 e. The molecule has 0 spiro atoms. The second-order valence-corrected chi connectivity index (χ2v) is 7.13. The van der Waals surface area contributed by atoms with E-state index in [2.05, 4.69) is 15.3 Å². The van der Waals surface area contributed by atoms with Crippen LogP contribution in [-0.2, 0) is 12.8 Å². The van der Waals surface area contributed by atoms with E-state index in [0.717, 1.165) is 29.5 Å². The standard InChI is InChI=1S/C17H14ClN3O2S/c18-17-20-14(19-11-7-3-1-5-9(11)16(22)23)13-10-6-2-4-8-12(10)24-15(13)21-17/h1,3,5,7H,2,4,6,8H2,(H,22,23)(H,19,20,21). The van der Waals surface area contributed by atoms with Crippen LogP contribution in [0.25, 0.3) is 10.2 Å². The summed E-state index contributed by atoms with van der Waals surface area (Å²) in [5.74, 6) is -0.403. The Bertz CT molecular complexity index is 954. The maximum absolute atomic E-state index is 11.4. The quantitative estimate of drug-likeness (QED) is 0.665. The number of halogens is 1. The largest absolute Gasteiger partial charge is 0.478 e. The summed E-state index contributed by atoms with van der Waals surface area (Å²) < 4.78 is 0. The van der Waals surface area contributed by atoms with Crippen molar-refractivity contribution < 1.29 is 9.90 Å². The minimum Gasteiger partial charge on any atom is -0.478 e. The number of benzene rings is 1. The fourth-order valence-electron chi connectivity index (χ4n) is 3.13. The second-order valence-electron chi connectivity index (χ2n) is 5.71. The van der Waals surface area contributed by atoms with E-state index in [1.807, 2.05) is 0 Å². The number of carboxylic acids is 1. The molecule has 0 fully saturated rings. The number of nitrogens with one attached hydrogen (secondary N) is 1. The van der Waals surface area contributed by atoms with Crippen LogP contribution in [0.3, 0.4) is 0 Å². The highest BCUT2D eigenvalue weighted by Gasteiger charge is 2.21. The van der Waals surface area contributed by atoms with E-state index in [9.17, 15) is 9.90 Å². The lowest BCUT2D eigenvalue weighted by Crippen LogP contribution is -2.05. The van der Waals surface area contributed by atoms with E-state index in [1.54, 1.807) is 35.6 Å². The van der Waals surface area contributed by atoms with Crippen LogP contribution in [-0.4, -0.2) is 21.0 Å². The zero-order chi connectivity index (χ0) is 16.7. The summed E-state index contributed by atoms with van der Waals surface area (Å²) in [5, 5.41) is 13.7. The third-order valence-corrected chi connectivity index (χ3v) is 5.55. The molecule has 1 aromatic carbocycles. The first-order valence-electron chi connectivity index (χ1n) is 7.70. The Hall–Kier alpha value is -2.18. The van der Waals surface area contributed by atoms with E-state index in [1.165, 1.54) is 16.9 Å². The first-order valence-corrected chi connectivity index (χ1v) is 8.90. The van der Waals surface area contributed by atoms with E-state index < -0.39 is 5.97 Å². The zero-order valence-electron chi connectivity index (χ0n) is 12.7. The topological polar surface area (TPSA) is 75.1 Å². The average molecular weight is 360 g/mol. The molecule has 7 heteroatoms. The van der Waals surface area contributed by atoms with E-state index in [0.29, 0.717) is 11.5 Å². The predicted molar refractivity (Wildman–Crippen MR) is 95.8 cm³/mol. The molecule has 0 unspecified atom stereocenters. The van der Waals surface area contributed by atoms with Gasteiger partial charge in [0, 0.05) is 4.88 Å². The molecule has 2 N–H and O–H groups in total. The molecule has 0 saturated heterocycles. The van der Waals surface area contributed by atoms with E-state index in [-0.39, 0.29) is 10.8 Å². The summed E-state index contributed by atoms with van der Waals surface area (Å²) in [6.07, 6.45) is 4.38. The Morgan fingerprint density at radius 3 is 2.83 bits per heavy atom. The number of rotatable bonds is 3. The molecule has 2 heterocycles. The van der Waals surface area contributed by atoms with Gasteiger partial charge in [0.05, 0.1) is 16.6 Å². The van der Waals surface area contributed by atoms with Gasteiger partial charge in [-0.3, -0.25) is 0 Å². The number of carboxylic acid groups (broad SMARTS) is 1. The summed E-state index contributed by atoms with van der Waals surface area (Å²) in [7, 11) is 0. The zero-order valence-corrected chi connectivity index (χ0v) is 14.2. The fourth-order valence-corrected chi connectivity index (χ4v) is 4.61. The van der Waals surface area contributed by atoms with Crippen LogP contribution >= 0.6 is 22.9 Å². The number of carbonyl (C=O) groups is 1. The molecule has 24 heavy (non-hydrogen) atoms. The number of thiophene rings is 1. The number of aryl methyl sites for hydroxylation is 2. The Morgan fingerprint density at radius 1 is 1.21 bits per heavy atom. The molecule has 2 aromatic heterocycles. The third kappa shape index (κ3) is 2.61. The predicted octanol–water partition coefficient (Wildman–Crippen LogP) is 4.67. The third-order valence-electron chi connectivity index (χ3n) is 4.20. The summed E-state index contributed by atoms with van der Waals surface area (Å²) in [4.78, 5) is 22.3. The van der Waals surface area contributed by atoms with Crippen LogP contribution in [0.1, 0.15) is 33.6 Å². The Labute approximate surface area is 147 Å². The second kappa shape index (κ2) is 6.03. The van der Waals surface area contributed by atoms with Crippen molar-refractivity contribution in [1.82, 2.24) is 9.97 Å². The maximum Gasteiger partial charge on any atom is 0.337 e. The van der Waals surface area contributed by atoms with Gasteiger partial charge in [-0.1, -0.05) is 12.1 Å². The number of para-hydroxylation sites is 1. The first kappa shape index (κ1) is 15.4. The van der Waals surface area contributed by atoms with Crippen molar-refractivity contribution in [3.63, 3.8) is 0 Å². The van der Waals surface area contributed by atoms with Crippen LogP contribution in [0.15, 0.2) is 24.3 Å². The van der Waals surface area contributed by atoms with Crippen LogP contribution in [0.4, 0.5) is 11.5 Å². The van der Waals surface area contributed by atoms with Crippen molar-refractivity contribution in [2.75, 3.05) is 5.32 Å². The van der Waals surface area contributed by atoms with Gasteiger partial charge in [-0.15, -0.1) is 11.3 Å². The number of nitrogens with zero attached hydrogens (tertiary/aromatic N) is 2. The lowest BCUT2D eigenvalue weighted by molar-refractivity contribution is 0.0698. The van der Waals surface area contributed by atoms with Gasteiger partial charge in [0.2, 0.25) is 5.28 Å². The molecular weight excluding hydrogens is 346 g/mol. The van der Waals surface area contributed by atoms with Gasteiger partial charge in [-0.05, 0) is 55.0 Å². The molecule has 0 radical (unpaired) electrons. The van der Waals surface area contributed by atoms with Gasteiger partial charge < -0.3 is 10.4 Å². The lowest BCUT2D eigenvalue weighted by Gasteiger charge is -2.13. The van der Waals surface area contributed by atoms with Crippen molar-refractivity contribution in [2.45, 2.75) is 25.7 Å². The molecular formula is C17H14ClN3O2S. The normalized spacial score (nSPS) is 13.7. The van der Waals surface area contributed by atoms with Crippen molar-refractivity contribution in [1.29, 1.82) is 0 Å². The number of aromatic nitrogens is 2. The molecule has 0 aliphatic heterocycles. The van der Waals surface area contributed by atoms with E-state index in [4.69, 9.17) is 11.6 Å². The number of hydrogen-bond donors (Lipinski definition) is 2. The summed E-state index contributed by atoms with van der Waals surface area (Å²) >= 11 is 7.74. The Morgan fingerprint density at radius 2 is 2.00 bits per heavy atom. The molecule has 0 atom stereocenters. The van der Waals surface area contributed by atoms with Gasteiger partial charge in [-0.25, -0.2) is 9.78 Å². The fraction of sp³-hybridized carbons (Fsp3) is 0.235. The summed E-state index contributed by atoms with van der Waals surface area (Å²) in [6, 6.07) is 6.78. The van der Waals surface area contributed by atoms with Crippen LogP contribution < -0.4 is 5.32 Å². The highest BCUT2D eigenvalue weighted by atomic mass is 35.5. The molecule has 0 bridgehead atoms. The molecule has 1 aliphatic carbocycles. The van der Waals surface area contributed by atoms with Gasteiger partial charge >= 0.3 is 5.97 Å². The summed E-state index contributed by atoms with van der Waals surface area (Å²) in [6.45, 7) is 0. The summed E-state index contributed by atoms with van der Waals surface area (Å²) in [5.41, 5.74) is 1.97. The first-order chi connectivity index (χ1) is 11.6. The van der Waals surface area contributed by atoms with Crippen LogP contribution in [0.5, 0.6) is 0 Å². The molecule has 5 nitrogen and oxygen atoms in total. The van der Waals surface area contributed by atoms with E-state index >= 15 is 0 Å². The SMILES string of the molecule is O=C(O)c1ccccc1Nc1nc(Cl)nc2sc3c(c12)CCCC3. The molecule has 4 rings (SSSR count). The molecule has 1 aliphatic rings. The van der Waals surface area contributed by atoms with Crippen molar-refractivity contribution in [3.05, 3.63) is 45.6 Å². The Balaban J connectivity index is 1.88. The van der Waals surface area contributed by atoms with Crippen molar-refractivity contribution in [3.8, 4) is 0 Å². The highest BCUT2D eigenvalue weighted by molar-refractivity contribution is 7.19. The monoisotopic (exact) mass is 359 g/mol. The number of aromatic carboxylic acids is 1. The lowest BCUT2D eigenvalue weighted by atomic mass is 9.97. The van der Waals surface area contributed by atoms with Crippen molar-refractivity contribution in [2.24, 2.45) is 0 Å². The number of anilines is 2. The minimum atomic E-state index is -0.984.